The molecule has 0 bridgehead atoms. The molecule has 0 aliphatic heterocycles. The molecule has 0 aliphatic rings. The smallest absolute Gasteiger partial charge is 0.387 e. The van der Waals surface area contributed by atoms with Crippen LogP contribution >= 0.6 is 7.82 Å². The van der Waals surface area contributed by atoms with Crippen LogP contribution in [-0.2, 0) is 18.4 Å². The molecule has 0 aromatic heterocycles. The van der Waals surface area contributed by atoms with E-state index in [2.05, 4.69) is 43.5 Å². The molecule has 0 fully saturated rings. The second-order valence-electron chi connectivity index (χ2n) is 16.8. The molecule has 0 aliphatic carbocycles. The van der Waals surface area contributed by atoms with E-state index in [0.29, 0.717) is 17.4 Å². The molecule has 3 atom stereocenters. The molecule has 3 unspecified atom stereocenters. The fraction of sp³-hybridized carbons (Fsp3) is 0.848. The largest absolute Gasteiger partial charge is 0.472 e. The van der Waals surface area contributed by atoms with Gasteiger partial charge in [0.05, 0.1) is 39.9 Å². The Morgan fingerprint density at radius 3 is 1.45 bits per heavy atom. The molecular weight excluding hydrogens is 707 g/mol. The summed E-state index contributed by atoms with van der Waals surface area (Å²) < 4.78 is 23.4. The molecule has 9 heteroatoms. The van der Waals surface area contributed by atoms with Gasteiger partial charge in [0.15, 0.2) is 0 Å². The summed E-state index contributed by atoms with van der Waals surface area (Å²) in [4.78, 5) is 22.9. The number of hydrogen-bond donors (Lipinski definition) is 3. The lowest BCUT2D eigenvalue weighted by Crippen LogP contribution is -2.45. The van der Waals surface area contributed by atoms with E-state index in [-0.39, 0.29) is 19.1 Å². The van der Waals surface area contributed by atoms with Gasteiger partial charge in [0.2, 0.25) is 5.91 Å². The Kier molecular flexibility index (Phi) is 37.4. The first kappa shape index (κ1) is 53.7. The van der Waals surface area contributed by atoms with Gasteiger partial charge in [-0.1, -0.05) is 185 Å². The van der Waals surface area contributed by atoms with Crippen molar-refractivity contribution in [3.05, 3.63) is 36.5 Å². The second kappa shape index (κ2) is 38.2. The summed E-state index contributed by atoms with van der Waals surface area (Å²) in [5, 5.41) is 13.7. The van der Waals surface area contributed by atoms with Crippen LogP contribution in [0.1, 0.15) is 200 Å². The van der Waals surface area contributed by atoms with Crippen LogP contribution in [0, 0.1) is 0 Å². The molecule has 1 amide bonds. The summed E-state index contributed by atoms with van der Waals surface area (Å²) in [6.07, 6.45) is 46.9. The molecule has 0 heterocycles. The number of quaternary nitrogens is 1. The lowest BCUT2D eigenvalue weighted by atomic mass is 10.0. The first-order valence-electron chi connectivity index (χ1n) is 22.9. The number of amides is 1. The fourth-order valence-electron chi connectivity index (χ4n) is 6.43. The summed E-state index contributed by atoms with van der Waals surface area (Å²) in [6.45, 7) is 4.73. The van der Waals surface area contributed by atoms with Crippen LogP contribution in [0.4, 0.5) is 0 Å². The maximum Gasteiger partial charge on any atom is 0.472 e. The monoisotopic (exact) mass is 798 g/mol. The highest BCUT2D eigenvalue weighted by Gasteiger charge is 2.27. The van der Waals surface area contributed by atoms with Crippen LogP contribution in [0.2, 0.25) is 0 Å². The van der Waals surface area contributed by atoms with Gasteiger partial charge in [0.25, 0.3) is 0 Å². The van der Waals surface area contributed by atoms with Gasteiger partial charge in [-0.25, -0.2) is 4.57 Å². The maximum absolute atomic E-state index is 12.7. The quantitative estimate of drug-likeness (QED) is 0.0246. The SMILES string of the molecule is CCCCCCCCCCCCCCCCCC/C=C/CC/C=C/CC/C=C/C(O)C(COP(=O)(O)OCC[N+](C)(C)C)NC(=O)CCCCCCCCC. The number of phosphoric acid groups is 1. The van der Waals surface area contributed by atoms with E-state index < -0.39 is 20.0 Å². The third-order valence-corrected chi connectivity index (χ3v) is 11.1. The van der Waals surface area contributed by atoms with Gasteiger partial charge in [-0.15, -0.1) is 0 Å². The number of rotatable bonds is 41. The topological polar surface area (TPSA) is 105 Å². The Bertz CT molecular complexity index is 995. The summed E-state index contributed by atoms with van der Waals surface area (Å²) in [6, 6.07) is -0.864. The van der Waals surface area contributed by atoms with Crippen LogP contribution in [-0.4, -0.2) is 73.4 Å². The minimum Gasteiger partial charge on any atom is -0.387 e. The van der Waals surface area contributed by atoms with Crippen LogP contribution < -0.4 is 5.32 Å². The summed E-state index contributed by atoms with van der Waals surface area (Å²) in [5.74, 6) is -0.199. The first-order valence-corrected chi connectivity index (χ1v) is 24.4. The highest BCUT2D eigenvalue weighted by atomic mass is 31.2. The van der Waals surface area contributed by atoms with Crippen LogP contribution in [0.25, 0.3) is 0 Å². The number of aliphatic hydroxyl groups excluding tert-OH is 1. The van der Waals surface area contributed by atoms with Crippen LogP contribution in [0.15, 0.2) is 36.5 Å². The van der Waals surface area contributed by atoms with Crippen molar-refractivity contribution in [2.24, 2.45) is 0 Å². The molecule has 0 radical (unpaired) electrons. The second-order valence-corrected chi connectivity index (χ2v) is 18.2. The van der Waals surface area contributed by atoms with E-state index in [1.54, 1.807) is 6.08 Å². The summed E-state index contributed by atoms with van der Waals surface area (Å²) in [5.41, 5.74) is 0. The molecule has 0 saturated carbocycles. The van der Waals surface area contributed by atoms with Gasteiger partial charge in [0, 0.05) is 6.42 Å². The number of allylic oxidation sites excluding steroid dienone is 5. The van der Waals surface area contributed by atoms with Gasteiger partial charge < -0.3 is 19.8 Å². The molecule has 0 aromatic rings. The van der Waals surface area contributed by atoms with Crippen molar-refractivity contribution in [3.63, 3.8) is 0 Å². The third kappa shape index (κ3) is 40.7. The zero-order valence-corrected chi connectivity index (χ0v) is 37.6. The number of carbonyl (C=O) groups is 1. The lowest BCUT2D eigenvalue weighted by molar-refractivity contribution is -0.870. The minimum atomic E-state index is -4.34. The van der Waals surface area contributed by atoms with Crippen molar-refractivity contribution in [1.29, 1.82) is 0 Å². The number of aliphatic hydroxyl groups is 1. The molecule has 324 valence electrons. The van der Waals surface area contributed by atoms with Gasteiger partial charge in [-0.05, 0) is 44.9 Å². The van der Waals surface area contributed by atoms with Gasteiger partial charge >= 0.3 is 7.82 Å². The van der Waals surface area contributed by atoms with Gasteiger partial charge in [-0.3, -0.25) is 13.8 Å². The van der Waals surface area contributed by atoms with E-state index in [0.717, 1.165) is 44.9 Å². The Morgan fingerprint density at radius 2 is 1.00 bits per heavy atom. The zero-order valence-electron chi connectivity index (χ0n) is 36.7. The normalized spacial score (nSPS) is 14.7. The van der Waals surface area contributed by atoms with Crippen molar-refractivity contribution in [3.8, 4) is 0 Å². The Balaban J connectivity index is 4.23. The molecule has 0 saturated heterocycles. The summed E-state index contributed by atoms with van der Waals surface area (Å²) >= 11 is 0. The lowest BCUT2D eigenvalue weighted by Gasteiger charge is -2.25. The molecule has 3 N–H and O–H groups in total. The van der Waals surface area contributed by atoms with Gasteiger partial charge in [-0.2, -0.15) is 0 Å². The Labute approximate surface area is 340 Å². The zero-order chi connectivity index (χ0) is 40.7. The predicted molar refractivity (Wildman–Crippen MR) is 235 cm³/mol. The average Bonchev–Trinajstić information content (AvgIpc) is 3.13. The van der Waals surface area contributed by atoms with E-state index in [1.165, 1.54) is 135 Å². The molecular formula is C46H90N2O6P+. The van der Waals surface area contributed by atoms with Crippen molar-refractivity contribution < 1.29 is 32.9 Å². The summed E-state index contributed by atoms with van der Waals surface area (Å²) in [7, 11) is 1.54. The molecule has 0 spiro atoms. The number of nitrogens with one attached hydrogen (secondary N) is 1. The fourth-order valence-corrected chi connectivity index (χ4v) is 7.16. The van der Waals surface area contributed by atoms with E-state index in [1.807, 2.05) is 27.2 Å². The number of likely N-dealkylation sites (N-methyl/N-ethyl adjacent to an activating group) is 1. The van der Waals surface area contributed by atoms with Crippen molar-refractivity contribution >= 4 is 13.7 Å². The van der Waals surface area contributed by atoms with E-state index >= 15 is 0 Å². The number of nitrogens with zero attached hydrogens (tertiary/aromatic N) is 1. The van der Waals surface area contributed by atoms with Crippen molar-refractivity contribution in [2.75, 3.05) is 40.9 Å². The molecule has 8 nitrogen and oxygen atoms in total. The molecule has 55 heavy (non-hydrogen) atoms. The Morgan fingerprint density at radius 1 is 0.600 bits per heavy atom. The standard InChI is InChI=1S/C46H89N2O6P/c1-6-8-10-12-14-15-16-17-18-19-20-21-22-23-24-25-26-27-28-29-30-31-32-34-35-37-39-45(49)44(43-54-55(51,52)53-42-41-48(3,4)5)47-46(50)40-38-36-33-13-11-9-7-2/h27-28,31-32,37,39,44-45,49H,6-26,29-30,33-36,38,40-43H2,1-5H3,(H-,47,50,51,52)/p+1/b28-27+,32-31+,39-37+. The van der Waals surface area contributed by atoms with Crippen LogP contribution in [0.5, 0.6) is 0 Å². The van der Waals surface area contributed by atoms with E-state index in [9.17, 15) is 19.4 Å². The van der Waals surface area contributed by atoms with Crippen molar-refractivity contribution in [2.45, 2.75) is 212 Å². The Hall–Kier alpha value is -1.28. The third-order valence-electron chi connectivity index (χ3n) is 10.1. The minimum absolute atomic E-state index is 0.0540. The van der Waals surface area contributed by atoms with Gasteiger partial charge in [0.1, 0.15) is 13.2 Å². The maximum atomic E-state index is 12.7. The van der Waals surface area contributed by atoms with Crippen LogP contribution in [0.3, 0.4) is 0 Å². The van der Waals surface area contributed by atoms with E-state index in [4.69, 9.17) is 9.05 Å². The number of carbonyl (C=O) groups excluding carboxylic acids is 1. The highest BCUT2D eigenvalue weighted by Crippen LogP contribution is 2.43. The average molecular weight is 798 g/mol. The predicted octanol–water partition coefficient (Wildman–Crippen LogP) is 12.7. The number of phosphoric ester groups is 1. The molecule has 0 aromatic carbocycles. The highest BCUT2D eigenvalue weighted by molar-refractivity contribution is 7.47. The number of unbranched alkanes of at least 4 members (excludes halogenated alkanes) is 24. The number of hydrogen-bond acceptors (Lipinski definition) is 5. The van der Waals surface area contributed by atoms with Crippen molar-refractivity contribution in [1.82, 2.24) is 5.32 Å². The molecule has 0 rings (SSSR count). The first-order chi connectivity index (χ1) is 26.5.